The maximum atomic E-state index is 13.6. The predicted octanol–water partition coefficient (Wildman–Crippen LogP) is 2.52. The van der Waals surface area contributed by atoms with Crippen LogP contribution in [0.4, 0.5) is 5.69 Å². The summed E-state index contributed by atoms with van der Waals surface area (Å²) in [6.45, 7) is 4.43. The molecule has 226 valence electrons. The zero-order valence-corrected chi connectivity index (χ0v) is 25.5. The number of hydrogen-bond acceptors (Lipinski definition) is 8. The zero-order chi connectivity index (χ0) is 30.3. The van der Waals surface area contributed by atoms with Gasteiger partial charge in [0.25, 0.3) is 5.91 Å². The number of benzene rings is 2. The highest BCUT2D eigenvalue weighted by Crippen LogP contribution is 2.31. The van der Waals surface area contributed by atoms with Crippen LogP contribution in [-0.2, 0) is 14.8 Å². The van der Waals surface area contributed by atoms with Crippen LogP contribution in [0.15, 0.2) is 47.4 Å². The molecule has 12 heteroatoms. The van der Waals surface area contributed by atoms with Gasteiger partial charge in [0, 0.05) is 31.6 Å². The van der Waals surface area contributed by atoms with Gasteiger partial charge in [-0.1, -0.05) is 6.92 Å². The fourth-order valence-corrected chi connectivity index (χ4v) is 5.76. The number of amides is 2. The molecule has 0 unspecified atom stereocenters. The average Bonchev–Trinajstić information content (AvgIpc) is 2.94. The molecule has 2 N–H and O–H groups in total. The van der Waals surface area contributed by atoms with Crippen molar-refractivity contribution >= 4 is 27.5 Å². The van der Waals surface area contributed by atoms with Gasteiger partial charge in [-0.05, 0) is 76.4 Å². The Morgan fingerprint density at radius 2 is 1.88 bits per heavy atom. The lowest BCUT2D eigenvalue weighted by molar-refractivity contribution is -0.116. The summed E-state index contributed by atoms with van der Waals surface area (Å²) in [6, 6.07) is 10.5. The molecule has 0 saturated carbocycles. The first-order valence-electron chi connectivity index (χ1n) is 13.6. The molecule has 3 rings (SSSR count). The lowest BCUT2D eigenvalue weighted by Gasteiger charge is -2.38. The zero-order valence-electron chi connectivity index (χ0n) is 24.7. The van der Waals surface area contributed by atoms with Crippen LogP contribution in [0.25, 0.3) is 0 Å². The fraction of sp³-hybridized carbons (Fsp3) is 0.517. The Hall–Kier alpha value is -3.19. The van der Waals surface area contributed by atoms with Crippen LogP contribution in [0.1, 0.15) is 37.0 Å². The Kier molecular flexibility index (Phi) is 11.1. The first kappa shape index (κ1) is 32.3. The maximum Gasteiger partial charge on any atom is 0.258 e. The summed E-state index contributed by atoms with van der Waals surface area (Å²) in [4.78, 5) is 29.8. The molecule has 11 nitrogen and oxygen atoms in total. The SMILES string of the molecule is COc1ccc(S(=O)(=O)N(C)C[C@H]2Oc3ccc(NC(=O)CCCN(C)C)cc3C(=O)N([C@@H](C)CO)C[C@@H]2C)cc1. The number of aliphatic hydroxyl groups is 1. The third kappa shape index (κ3) is 8.19. The molecule has 0 aromatic heterocycles. The summed E-state index contributed by atoms with van der Waals surface area (Å²) in [5.41, 5.74) is 0.686. The number of nitrogens with one attached hydrogen (secondary N) is 1. The largest absolute Gasteiger partial charge is 0.497 e. The number of hydrogen-bond donors (Lipinski definition) is 2. The summed E-state index contributed by atoms with van der Waals surface area (Å²) < 4.78 is 39.4. The maximum absolute atomic E-state index is 13.6. The van der Waals surface area contributed by atoms with Gasteiger partial charge >= 0.3 is 0 Å². The molecule has 41 heavy (non-hydrogen) atoms. The standard InChI is InChI=1S/C29H42N4O7S/c1-20-17-33(21(2)19-34)29(36)25-16-22(30-28(35)8-7-15-31(3)4)9-14-26(25)40-27(20)18-32(5)41(37,38)24-12-10-23(39-6)11-13-24/h9-14,16,20-21,27,34H,7-8,15,17-19H2,1-6H3,(H,30,35)/t20-,21-,27+/m0/s1. The third-order valence-electron chi connectivity index (χ3n) is 7.16. The number of methoxy groups -OCH3 is 1. The van der Waals surface area contributed by atoms with Gasteiger partial charge in [-0.3, -0.25) is 9.59 Å². The van der Waals surface area contributed by atoms with Gasteiger partial charge in [-0.15, -0.1) is 0 Å². The normalized spacial score (nSPS) is 18.4. The van der Waals surface area contributed by atoms with Crippen molar-refractivity contribution in [1.82, 2.24) is 14.1 Å². The van der Waals surface area contributed by atoms with Crippen molar-refractivity contribution < 1.29 is 32.6 Å². The molecule has 0 aliphatic carbocycles. The Morgan fingerprint density at radius 3 is 2.49 bits per heavy atom. The molecule has 1 aliphatic heterocycles. The second-order valence-corrected chi connectivity index (χ2v) is 12.8. The van der Waals surface area contributed by atoms with Gasteiger partial charge in [0.05, 0.1) is 36.8 Å². The molecular weight excluding hydrogens is 548 g/mol. The van der Waals surface area contributed by atoms with Crippen LogP contribution >= 0.6 is 0 Å². The van der Waals surface area contributed by atoms with E-state index in [-0.39, 0.29) is 53.6 Å². The molecular formula is C29H42N4O7S. The van der Waals surface area contributed by atoms with Crippen molar-refractivity contribution in [2.45, 2.75) is 43.7 Å². The van der Waals surface area contributed by atoms with E-state index in [1.807, 2.05) is 25.9 Å². The lowest BCUT2D eigenvalue weighted by Crippen LogP contribution is -2.50. The Balaban J connectivity index is 1.88. The van der Waals surface area contributed by atoms with Gasteiger partial charge in [0.1, 0.15) is 17.6 Å². The van der Waals surface area contributed by atoms with E-state index >= 15 is 0 Å². The molecule has 1 heterocycles. The summed E-state index contributed by atoms with van der Waals surface area (Å²) in [5, 5.41) is 12.7. The topological polar surface area (TPSA) is 129 Å². The molecule has 0 fully saturated rings. The Bertz CT molecular complexity index is 1300. The number of carbonyl (C=O) groups excluding carboxylic acids is 2. The minimum atomic E-state index is -3.84. The summed E-state index contributed by atoms with van der Waals surface area (Å²) in [6.07, 6.45) is 0.419. The van der Waals surface area contributed by atoms with E-state index in [0.29, 0.717) is 24.3 Å². The monoisotopic (exact) mass is 590 g/mol. The van der Waals surface area contributed by atoms with Crippen LogP contribution in [0, 0.1) is 5.92 Å². The number of carbonyl (C=O) groups is 2. The second kappa shape index (κ2) is 14.1. The number of likely N-dealkylation sites (N-methyl/N-ethyl adjacent to an activating group) is 1. The first-order valence-corrected chi connectivity index (χ1v) is 15.1. The predicted molar refractivity (Wildman–Crippen MR) is 157 cm³/mol. The van der Waals surface area contributed by atoms with Gasteiger partial charge in [0.2, 0.25) is 15.9 Å². The van der Waals surface area contributed by atoms with Gasteiger partial charge in [-0.25, -0.2) is 8.42 Å². The molecule has 0 saturated heterocycles. The van der Waals surface area contributed by atoms with Crippen molar-refractivity contribution in [2.24, 2.45) is 5.92 Å². The van der Waals surface area contributed by atoms with E-state index < -0.39 is 22.2 Å². The highest BCUT2D eigenvalue weighted by Gasteiger charge is 2.35. The second-order valence-electron chi connectivity index (χ2n) is 10.7. The highest BCUT2D eigenvalue weighted by molar-refractivity contribution is 7.89. The fourth-order valence-electron chi connectivity index (χ4n) is 4.58. The number of anilines is 1. The molecule has 2 amide bonds. The van der Waals surface area contributed by atoms with E-state index in [1.54, 1.807) is 42.2 Å². The van der Waals surface area contributed by atoms with Gasteiger partial charge in [-0.2, -0.15) is 4.31 Å². The number of ether oxygens (including phenoxy) is 2. The van der Waals surface area contributed by atoms with Crippen LogP contribution < -0.4 is 14.8 Å². The summed E-state index contributed by atoms with van der Waals surface area (Å²) >= 11 is 0. The van der Waals surface area contributed by atoms with Crippen molar-refractivity contribution in [3.63, 3.8) is 0 Å². The highest BCUT2D eigenvalue weighted by atomic mass is 32.2. The van der Waals surface area contributed by atoms with Crippen LogP contribution in [-0.4, -0.2) is 106 Å². The molecule has 0 spiro atoms. The first-order chi connectivity index (χ1) is 19.4. The summed E-state index contributed by atoms with van der Waals surface area (Å²) in [5.74, 6) is 0.0542. The molecule has 0 bridgehead atoms. The number of fused-ring (bicyclic) bond motifs is 1. The smallest absolute Gasteiger partial charge is 0.258 e. The average molecular weight is 591 g/mol. The Labute approximate surface area is 243 Å². The molecule has 2 aromatic carbocycles. The minimum Gasteiger partial charge on any atom is -0.497 e. The Morgan fingerprint density at radius 1 is 1.20 bits per heavy atom. The van der Waals surface area contributed by atoms with Gasteiger partial charge in [0.15, 0.2) is 0 Å². The van der Waals surface area contributed by atoms with Crippen molar-refractivity contribution in [2.75, 3.05) is 59.8 Å². The summed E-state index contributed by atoms with van der Waals surface area (Å²) in [7, 11) is 3.05. The van der Waals surface area contributed by atoms with Crippen molar-refractivity contribution in [3.05, 3.63) is 48.0 Å². The third-order valence-corrected chi connectivity index (χ3v) is 9.00. The van der Waals surface area contributed by atoms with Crippen LogP contribution in [0.5, 0.6) is 11.5 Å². The van der Waals surface area contributed by atoms with E-state index in [4.69, 9.17) is 9.47 Å². The minimum absolute atomic E-state index is 0.0227. The molecule has 0 radical (unpaired) electrons. The van der Waals surface area contributed by atoms with Crippen LogP contribution in [0.2, 0.25) is 0 Å². The van der Waals surface area contributed by atoms with Gasteiger partial charge < -0.3 is 29.7 Å². The van der Waals surface area contributed by atoms with Crippen LogP contribution in [0.3, 0.4) is 0 Å². The number of aliphatic hydroxyl groups excluding tert-OH is 1. The quantitative estimate of drug-likeness (QED) is 0.386. The van der Waals surface area contributed by atoms with Crippen molar-refractivity contribution in [1.29, 1.82) is 0 Å². The number of rotatable bonds is 12. The molecule has 2 aromatic rings. The molecule has 1 aliphatic rings. The van der Waals surface area contributed by atoms with E-state index in [2.05, 4.69) is 5.32 Å². The van der Waals surface area contributed by atoms with E-state index in [9.17, 15) is 23.1 Å². The molecule has 3 atom stereocenters. The van der Waals surface area contributed by atoms with E-state index in [0.717, 1.165) is 6.54 Å². The number of sulfonamides is 1. The number of nitrogens with zero attached hydrogens (tertiary/aromatic N) is 3. The lowest BCUT2D eigenvalue weighted by atomic mass is 9.99. The van der Waals surface area contributed by atoms with E-state index in [1.165, 1.54) is 30.6 Å². The van der Waals surface area contributed by atoms with Crippen molar-refractivity contribution in [3.8, 4) is 11.5 Å².